The minimum atomic E-state index is -0.662. The third-order valence-electron chi connectivity index (χ3n) is 5.14. The molecule has 0 N–H and O–H groups in total. The molecule has 0 aromatic heterocycles. The Balaban J connectivity index is 4.17. The molecule has 4 unspecified atom stereocenters. The minimum Gasteiger partial charge on any atom is -0.433 e. The van der Waals surface area contributed by atoms with Crippen molar-refractivity contribution in [1.29, 1.82) is 0 Å². The highest BCUT2D eigenvalue weighted by atomic mass is 16.7. The Hall–Kier alpha value is -1.40. The summed E-state index contributed by atoms with van der Waals surface area (Å²) in [5, 5.41) is 0. The van der Waals surface area contributed by atoms with E-state index in [4.69, 9.17) is 18.9 Å². The van der Waals surface area contributed by atoms with Gasteiger partial charge in [0.25, 0.3) is 0 Å². The Morgan fingerprint density at radius 3 is 1.37 bits per heavy atom. The van der Waals surface area contributed by atoms with Gasteiger partial charge in [-0.2, -0.15) is 0 Å². The molecule has 30 heavy (non-hydrogen) atoms. The number of hydrogen-bond donors (Lipinski definition) is 0. The van der Waals surface area contributed by atoms with E-state index in [1.54, 1.807) is 13.8 Å². The number of unbranched alkanes of at least 4 members (excludes halogenated alkanes) is 2. The Bertz CT molecular complexity index is 434. The predicted molar refractivity (Wildman–Crippen MR) is 119 cm³/mol. The normalized spacial score (nSPS) is 15.5. The second-order valence-electron chi connectivity index (χ2n) is 7.84. The Kier molecular flexibility index (Phi) is 17.5. The van der Waals surface area contributed by atoms with Gasteiger partial charge < -0.3 is 18.9 Å². The fourth-order valence-corrected chi connectivity index (χ4v) is 2.95. The molecule has 0 saturated carbocycles. The fourth-order valence-electron chi connectivity index (χ4n) is 2.95. The van der Waals surface area contributed by atoms with Crippen molar-refractivity contribution in [2.24, 2.45) is 11.8 Å². The quantitative estimate of drug-likeness (QED) is 0.156. The monoisotopic (exact) mass is 428 g/mol. The molecule has 6 nitrogen and oxygen atoms in total. The van der Waals surface area contributed by atoms with Gasteiger partial charge in [0.15, 0.2) is 12.6 Å². The maximum Gasteiger partial charge on any atom is 0.333 e. The van der Waals surface area contributed by atoms with Crippen LogP contribution in [0.15, 0.2) is 12.2 Å². The van der Waals surface area contributed by atoms with E-state index in [0.29, 0.717) is 25.0 Å². The summed E-state index contributed by atoms with van der Waals surface area (Å²) >= 11 is 0. The first-order valence-corrected chi connectivity index (χ1v) is 11.7. The maximum atomic E-state index is 11.9. The number of hydrogen-bond acceptors (Lipinski definition) is 6. The third kappa shape index (κ3) is 15.4. The van der Waals surface area contributed by atoms with Crippen molar-refractivity contribution in [1.82, 2.24) is 0 Å². The summed E-state index contributed by atoms with van der Waals surface area (Å²) in [6.07, 6.45) is 9.71. The number of carbonyl (C=O) groups is 2. The Morgan fingerprint density at radius 1 is 0.700 bits per heavy atom. The van der Waals surface area contributed by atoms with Crippen LogP contribution in [-0.2, 0) is 28.5 Å². The highest BCUT2D eigenvalue weighted by molar-refractivity contribution is 5.91. The average molecular weight is 429 g/mol. The van der Waals surface area contributed by atoms with Crippen LogP contribution in [0, 0.1) is 11.8 Å². The van der Waals surface area contributed by atoms with Gasteiger partial charge >= 0.3 is 11.9 Å². The van der Waals surface area contributed by atoms with Crippen LogP contribution in [0.2, 0.25) is 0 Å². The van der Waals surface area contributed by atoms with E-state index in [1.165, 1.54) is 12.8 Å². The molecule has 0 radical (unpaired) electrons. The van der Waals surface area contributed by atoms with Crippen LogP contribution in [0.4, 0.5) is 0 Å². The zero-order valence-corrected chi connectivity index (χ0v) is 20.0. The zero-order valence-electron chi connectivity index (χ0n) is 20.0. The lowest BCUT2D eigenvalue weighted by atomic mass is 10.0. The molecule has 6 heteroatoms. The maximum absolute atomic E-state index is 11.9. The lowest BCUT2D eigenvalue weighted by Gasteiger charge is -2.19. The van der Waals surface area contributed by atoms with Gasteiger partial charge in [0.2, 0.25) is 0 Å². The van der Waals surface area contributed by atoms with Gasteiger partial charge in [0.05, 0.1) is 13.2 Å². The van der Waals surface area contributed by atoms with Gasteiger partial charge in [-0.15, -0.1) is 0 Å². The fraction of sp³-hybridized carbons (Fsp3) is 0.833. The first-order chi connectivity index (χ1) is 14.4. The number of esters is 2. The van der Waals surface area contributed by atoms with Gasteiger partial charge in [-0.1, -0.05) is 66.2 Å². The van der Waals surface area contributed by atoms with E-state index in [-0.39, 0.29) is 0 Å². The summed E-state index contributed by atoms with van der Waals surface area (Å²) in [6, 6.07) is 0. The molecule has 0 bridgehead atoms. The number of rotatable bonds is 18. The van der Waals surface area contributed by atoms with Gasteiger partial charge in [0.1, 0.15) is 0 Å². The first kappa shape index (κ1) is 28.6. The van der Waals surface area contributed by atoms with Crippen LogP contribution >= 0.6 is 0 Å². The second-order valence-corrected chi connectivity index (χ2v) is 7.84. The topological polar surface area (TPSA) is 71.1 Å². The molecule has 0 aliphatic carbocycles. The van der Waals surface area contributed by atoms with E-state index in [9.17, 15) is 9.59 Å². The molecule has 0 aromatic carbocycles. The molecule has 0 aliphatic rings. The van der Waals surface area contributed by atoms with E-state index in [0.717, 1.165) is 50.7 Å². The van der Waals surface area contributed by atoms with Crippen molar-refractivity contribution in [2.75, 3.05) is 13.2 Å². The molecular weight excluding hydrogens is 384 g/mol. The molecule has 0 saturated heterocycles. The Morgan fingerprint density at radius 2 is 1.07 bits per heavy atom. The molecule has 0 aromatic rings. The molecule has 0 amide bonds. The summed E-state index contributed by atoms with van der Waals surface area (Å²) in [4.78, 5) is 23.7. The van der Waals surface area contributed by atoms with Crippen molar-refractivity contribution in [3.05, 3.63) is 12.2 Å². The standard InChI is InChI=1S/C24H44O6/c1-7-11-13-21(9-3)17-27-19(5)29-23(25)15-16-24(26)30-20(6)28-18-22(10-4)14-12-8-2/h15-16,19-22H,7-14,17-18H2,1-6H3/b16-15-. The van der Waals surface area contributed by atoms with Crippen molar-refractivity contribution < 1.29 is 28.5 Å². The lowest BCUT2D eigenvalue weighted by Crippen LogP contribution is -2.22. The minimum absolute atomic E-state index is 0.465. The largest absolute Gasteiger partial charge is 0.433 e. The summed E-state index contributed by atoms with van der Waals surface area (Å²) in [7, 11) is 0. The summed E-state index contributed by atoms with van der Waals surface area (Å²) in [5.74, 6) is -0.347. The van der Waals surface area contributed by atoms with E-state index in [2.05, 4.69) is 27.7 Å². The van der Waals surface area contributed by atoms with Crippen molar-refractivity contribution >= 4 is 11.9 Å². The van der Waals surface area contributed by atoms with Crippen LogP contribution in [-0.4, -0.2) is 37.7 Å². The van der Waals surface area contributed by atoms with E-state index < -0.39 is 24.5 Å². The van der Waals surface area contributed by atoms with Crippen LogP contribution in [0.5, 0.6) is 0 Å². The van der Waals surface area contributed by atoms with Gasteiger partial charge in [-0.05, 0) is 38.5 Å². The Labute approximate surface area is 183 Å². The SMILES string of the molecule is CCCCC(CC)COC(C)OC(=O)/C=C\C(=O)OC(C)OCC(CC)CCCC. The lowest BCUT2D eigenvalue weighted by molar-refractivity contribution is -0.174. The van der Waals surface area contributed by atoms with E-state index >= 15 is 0 Å². The van der Waals surface area contributed by atoms with Crippen LogP contribution < -0.4 is 0 Å². The molecule has 0 fully saturated rings. The molecule has 4 atom stereocenters. The van der Waals surface area contributed by atoms with Crippen LogP contribution in [0.25, 0.3) is 0 Å². The highest BCUT2D eigenvalue weighted by Gasteiger charge is 2.14. The summed E-state index contributed by atoms with van der Waals surface area (Å²) in [5.41, 5.74) is 0. The van der Waals surface area contributed by atoms with Gasteiger partial charge in [-0.25, -0.2) is 9.59 Å². The third-order valence-corrected chi connectivity index (χ3v) is 5.14. The van der Waals surface area contributed by atoms with Crippen molar-refractivity contribution in [2.45, 2.75) is 105 Å². The number of carbonyl (C=O) groups excluding carboxylic acids is 2. The molecule has 0 spiro atoms. The van der Waals surface area contributed by atoms with Gasteiger partial charge in [0, 0.05) is 12.2 Å². The first-order valence-electron chi connectivity index (χ1n) is 11.7. The van der Waals surface area contributed by atoms with E-state index in [1.807, 2.05) is 0 Å². The summed E-state index contributed by atoms with van der Waals surface area (Å²) < 4.78 is 21.5. The zero-order chi connectivity index (χ0) is 22.8. The van der Waals surface area contributed by atoms with Gasteiger partial charge in [-0.3, -0.25) is 0 Å². The molecule has 176 valence electrons. The van der Waals surface area contributed by atoms with Crippen molar-refractivity contribution in [3.63, 3.8) is 0 Å². The average Bonchev–Trinajstić information content (AvgIpc) is 2.72. The van der Waals surface area contributed by atoms with Crippen LogP contribution in [0.3, 0.4) is 0 Å². The summed E-state index contributed by atoms with van der Waals surface area (Å²) in [6.45, 7) is 13.1. The smallest absolute Gasteiger partial charge is 0.333 e. The molecular formula is C24H44O6. The van der Waals surface area contributed by atoms with Crippen molar-refractivity contribution in [3.8, 4) is 0 Å². The number of ether oxygens (including phenoxy) is 4. The highest BCUT2D eigenvalue weighted by Crippen LogP contribution is 2.15. The molecule has 0 heterocycles. The predicted octanol–water partition coefficient (Wildman–Crippen LogP) is 5.79. The second kappa shape index (κ2) is 18.4. The molecule has 0 rings (SSSR count). The molecule has 0 aliphatic heterocycles. The van der Waals surface area contributed by atoms with Crippen LogP contribution in [0.1, 0.15) is 92.9 Å².